The first-order chi connectivity index (χ1) is 9.13. The Morgan fingerprint density at radius 2 is 1.95 bits per heavy atom. The quantitative estimate of drug-likeness (QED) is 0.852. The number of hydrogen-bond acceptors (Lipinski definition) is 1. The second-order valence-corrected chi connectivity index (χ2v) is 5.64. The standard InChI is InChI=1S/C16H23F2N/c1-3-19-16(12-7-4-6-11(12)2)10-13-14(17)8-5-9-15(13)18/h5,8-9,11-12,16,19H,3-4,6-7,10H2,1-2H3. The first-order valence-electron chi connectivity index (χ1n) is 7.29. The molecule has 0 radical (unpaired) electrons. The molecule has 1 aromatic rings. The van der Waals surface area contributed by atoms with Gasteiger partial charge in [0, 0.05) is 11.6 Å². The van der Waals surface area contributed by atoms with Gasteiger partial charge < -0.3 is 5.32 Å². The molecule has 1 aromatic carbocycles. The Labute approximate surface area is 114 Å². The molecule has 0 spiro atoms. The summed E-state index contributed by atoms with van der Waals surface area (Å²) in [5, 5.41) is 3.42. The molecule has 2 rings (SSSR count). The van der Waals surface area contributed by atoms with Crippen LogP contribution in [-0.4, -0.2) is 12.6 Å². The van der Waals surface area contributed by atoms with Gasteiger partial charge in [0.1, 0.15) is 11.6 Å². The normalized spacial score (nSPS) is 24.6. The smallest absolute Gasteiger partial charge is 0.129 e. The number of nitrogens with one attached hydrogen (secondary N) is 1. The van der Waals surface area contributed by atoms with Crippen LogP contribution in [0.2, 0.25) is 0 Å². The van der Waals surface area contributed by atoms with Crippen LogP contribution < -0.4 is 5.32 Å². The number of likely N-dealkylation sites (N-methyl/N-ethyl adjacent to an activating group) is 1. The minimum Gasteiger partial charge on any atom is -0.314 e. The van der Waals surface area contributed by atoms with Crippen molar-refractivity contribution < 1.29 is 8.78 Å². The molecule has 1 aliphatic carbocycles. The zero-order valence-electron chi connectivity index (χ0n) is 11.8. The minimum absolute atomic E-state index is 0.175. The van der Waals surface area contributed by atoms with Crippen molar-refractivity contribution in [1.82, 2.24) is 5.32 Å². The first-order valence-corrected chi connectivity index (χ1v) is 7.29. The van der Waals surface area contributed by atoms with Crippen molar-refractivity contribution >= 4 is 0 Å². The van der Waals surface area contributed by atoms with Gasteiger partial charge in [-0.05, 0) is 43.4 Å². The highest BCUT2D eigenvalue weighted by molar-refractivity contribution is 5.21. The highest BCUT2D eigenvalue weighted by Gasteiger charge is 2.31. The molecule has 106 valence electrons. The summed E-state index contributed by atoms with van der Waals surface area (Å²) in [5.74, 6) is 0.319. The molecule has 1 N–H and O–H groups in total. The molecular weight excluding hydrogens is 244 g/mol. The predicted octanol–water partition coefficient (Wildman–Crippen LogP) is 3.92. The van der Waals surface area contributed by atoms with Gasteiger partial charge in [-0.3, -0.25) is 0 Å². The maximum atomic E-state index is 13.8. The van der Waals surface area contributed by atoms with Gasteiger partial charge in [-0.2, -0.15) is 0 Å². The lowest BCUT2D eigenvalue weighted by Crippen LogP contribution is -2.39. The molecule has 3 unspecified atom stereocenters. The molecule has 19 heavy (non-hydrogen) atoms. The first kappa shape index (κ1) is 14.4. The molecule has 0 aliphatic heterocycles. The summed E-state index contributed by atoms with van der Waals surface area (Å²) in [7, 11) is 0. The zero-order valence-corrected chi connectivity index (χ0v) is 11.8. The van der Waals surface area contributed by atoms with E-state index in [2.05, 4.69) is 12.2 Å². The third kappa shape index (κ3) is 3.33. The van der Waals surface area contributed by atoms with Crippen LogP contribution in [0.25, 0.3) is 0 Å². The van der Waals surface area contributed by atoms with E-state index in [0.29, 0.717) is 18.3 Å². The van der Waals surface area contributed by atoms with Gasteiger partial charge in [0.05, 0.1) is 0 Å². The van der Waals surface area contributed by atoms with E-state index in [1.165, 1.54) is 31.0 Å². The molecule has 0 bridgehead atoms. The molecule has 0 saturated heterocycles. The van der Waals surface area contributed by atoms with E-state index in [-0.39, 0.29) is 11.6 Å². The molecule has 0 heterocycles. The van der Waals surface area contributed by atoms with Gasteiger partial charge in [0.25, 0.3) is 0 Å². The number of benzene rings is 1. The van der Waals surface area contributed by atoms with E-state index in [4.69, 9.17) is 0 Å². The van der Waals surface area contributed by atoms with Crippen LogP contribution in [0.5, 0.6) is 0 Å². The molecule has 1 saturated carbocycles. The Kier molecular flexibility index (Phi) is 4.92. The summed E-state index contributed by atoms with van der Waals surface area (Å²) >= 11 is 0. The monoisotopic (exact) mass is 267 g/mol. The van der Waals surface area contributed by atoms with Gasteiger partial charge in [0.15, 0.2) is 0 Å². The third-order valence-corrected chi connectivity index (χ3v) is 4.40. The summed E-state index contributed by atoms with van der Waals surface area (Å²) in [6.07, 6.45) is 4.07. The number of halogens is 2. The van der Waals surface area contributed by atoms with Crippen molar-refractivity contribution in [3.05, 3.63) is 35.4 Å². The Bertz CT molecular complexity index is 399. The largest absolute Gasteiger partial charge is 0.314 e. The van der Waals surface area contributed by atoms with Crippen molar-refractivity contribution in [2.24, 2.45) is 11.8 Å². The fourth-order valence-corrected chi connectivity index (χ4v) is 3.36. The lowest BCUT2D eigenvalue weighted by atomic mass is 9.86. The van der Waals surface area contributed by atoms with Crippen molar-refractivity contribution in [2.45, 2.75) is 45.6 Å². The van der Waals surface area contributed by atoms with Gasteiger partial charge in [-0.25, -0.2) is 8.78 Å². The lowest BCUT2D eigenvalue weighted by Gasteiger charge is -2.28. The molecule has 0 amide bonds. The van der Waals surface area contributed by atoms with E-state index in [1.807, 2.05) is 6.92 Å². The SMILES string of the molecule is CCNC(Cc1c(F)cccc1F)C1CCCC1C. The van der Waals surface area contributed by atoms with E-state index >= 15 is 0 Å². The highest BCUT2D eigenvalue weighted by Crippen LogP contribution is 2.35. The van der Waals surface area contributed by atoms with Gasteiger partial charge >= 0.3 is 0 Å². The van der Waals surface area contributed by atoms with E-state index in [1.54, 1.807) is 0 Å². The number of hydrogen-bond donors (Lipinski definition) is 1. The Hall–Kier alpha value is -0.960. The molecule has 1 aliphatic rings. The van der Waals surface area contributed by atoms with Crippen LogP contribution in [-0.2, 0) is 6.42 Å². The summed E-state index contributed by atoms with van der Waals surface area (Å²) < 4.78 is 27.5. The summed E-state index contributed by atoms with van der Waals surface area (Å²) in [6, 6.07) is 4.29. The second kappa shape index (κ2) is 6.47. The maximum Gasteiger partial charge on any atom is 0.129 e. The van der Waals surface area contributed by atoms with Crippen LogP contribution in [0, 0.1) is 23.5 Å². The second-order valence-electron chi connectivity index (χ2n) is 5.64. The molecule has 1 fully saturated rings. The van der Waals surface area contributed by atoms with E-state index in [0.717, 1.165) is 13.0 Å². The van der Waals surface area contributed by atoms with E-state index < -0.39 is 11.6 Å². The van der Waals surface area contributed by atoms with Crippen molar-refractivity contribution in [3.8, 4) is 0 Å². The fourth-order valence-electron chi connectivity index (χ4n) is 3.36. The topological polar surface area (TPSA) is 12.0 Å². The van der Waals surface area contributed by atoms with Gasteiger partial charge in [0.2, 0.25) is 0 Å². The molecular formula is C16H23F2N. The fraction of sp³-hybridized carbons (Fsp3) is 0.625. The molecule has 3 atom stereocenters. The van der Waals surface area contributed by atoms with Crippen molar-refractivity contribution in [3.63, 3.8) is 0 Å². The van der Waals surface area contributed by atoms with Crippen LogP contribution in [0.1, 0.15) is 38.7 Å². The van der Waals surface area contributed by atoms with Crippen LogP contribution in [0.4, 0.5) is 8.78 Å². The van der Waals surface area contributed by atoms with Crippen LogP contribution in [0.3, 0.4) is 0 Å². The average molecular weight is 267 g/mol. The summed E-state index contributed by atoms with van der Waals surface area (Å²) in [6.45, 7) is 5.13. The van der Waals surface area contributed by atoms with E-state index in [9.17, 15) is 8.78 Å². The Balaban J connectivity index is 2.16. The Morgan fingerprint density at radius 3 is 2.47 bits per heavy atom. The molecule has 1 nitrogen and oxygen atoms in total. The summed E-state index contributed by atoms with van der Waals surface area (Å²) in [4.78, 5) is 0. The minimum atomic E-state index is -0.423. The van der Waals surface area contributed by atoms with Crippen molar-refractivity contribution in [1.29, 1.82) is 0 Å². The maximum absolute atomic E-state index is 13.8. The van der Waals surface area contributed by atoms with Gasteiger partial charge in [-0.1, -0.05) is 32.8 Å². The van der Waals surface area contributed by atoms with Crippen molar-refractivity contribution in [2.75, 3.05) is 6.54 Å². The predicted molar refractivity (Wildman–Crippen MR) is 74.0 cm³/mol. The molecule has 3 heteroatoms. The highest BCUT2D eigenvalue weighted by atomic mass is 19.1. The number of rotatable bonds is 5. The van der Waals surface area contributed by atoms with Crippen LogP contribution >= 0.6 is 0 Å². The third-order valence-electron chi connectivity index (χ3n) is 4.40. The Morgan fingerprint density at radius 1 is 1.26 bits per heavy atom. The molecule has 0 aromatic heterocycles. The zero-order chi connectivity index (χ0) is 13.8. The lowest BCUT2D eigenvalue weighted by molar-refractivity contribution is 0.294. The summed E-state index contributed by atoms with van der Waals surface area (Å²) in [5.41, 5.74) is 0.229. The van der Waals surface area contributed by atoms with Gasteiger partial charge in [-0.15, -0.1) is 0 Å². The average Bonchev–Trinajstić information content (AvgIpc) is 2.79. The van der Waals surface area contributed by atoms with Crippen LogP contribution in [0.15, 0.2) is 18.2 Å².